The zero-order valence-electron chi connectivity index (χ0n) is 16.5. The van der Waals surface area contributed by atoms with Gasteiger partial charge < -0.3 is 10.5 Å². The van der Waals surface area contributed by atoms with Crippen LogP contribution in [0.4, 0.5) is 0 Å². The van der Waals surface area contributed by atoms with Gasteiger partial charge in [-0.2, -0.15) is 4.37 Å². The third-order valence-corrected chi connectivity index (χ3v) is 5.68. The number of aromatic nitrogens is 3. The van der Waals surface area contributed by atoms with Crippen LogP contribution in [0.25, 0.3) is 21.6 Å². The van der Waals surface area contributed by atoms with E-state index in [1.54, 1.807) is 11.7 Å². The van der Waals surface area contributed by atoms with E-state index in [4.69, 9.17) is 15.5 Å². The highest BCUT2D eigenvalue weighted by molar-refractivity contribution is 7.13. The third-order valence-electron chi connectivity index (χ3n) is 4.94. The quantitative estimate of drug-likeness (QED) is 0.515. The zero-order valence-corrected chi connectivity index (χ0v) is 17.3. The maximum Gasteiger partial charge on any atom is 0.269 e. The van der Waals surface area contributed by atoms with Crippen molar-refractivity contribution in [2.75, 3.05) is 7.11 Å². The molecule has 0 saturated carbocycles. The molecule has 2 aromatic carbocycles. The Labute approximate surface area is 176 Å². The van der Waals surface area contributed by atoms with Gasteiger partial charge in [-0.1, -0.05) is 42.5 Å². The summed E-state index contributed by atoms with van der Waals surface area (Å²) in [6.07, 6.45) is 0.611. The molecular weight excluding hydrogens is 400 g/mol. The lowest BCUT2D eigenvalue weighted by molar-refractivity contribution is 0.0998. The molecule has 2 aromatic heterocycles. The SMILES string of the molecule is COc1ccccc1-c1nc2snc(C(N)=O)c2c(=O)n1[C@H](C)Cc1ccccc1. The Morgan fingerprint density at radius 1 is 1.17 bits per heavy atom. The maximum absolute atomic E-state index is 13.6. The fourth-order valence-corrected chi connectivity index (χ4v) is 4.32. The first kappa shape index (κ1) is 19.8. The van der Waals surface area contributed by atoms with E-state index in [0.717, 1.165) is 17.1 Å². The largest absolute Gasteiger partial charge is 0.496 e. The molecule has 7 nitrogen and oxygen atoms in total. The number of hydrogen-bond donors (Lipinski definition) is 1. The molecule has 0 radical (unpaired) electrons. The predicted octanol–water partition coefficient (Wildman–Crippen LogP) is 3.43. The van der Waals surface area contributed by atoms with Crippen LogP contribution in [-0.2, 0) is 6.42 Å². The van der Waals surface area contributed by atoms with Gasteiger partial charge in [-0.15, -0.1) is 0 Å². The number of benzene rings is 2. The van der Waals surface area contributed by atoms with Crippen molar-refractivity contribution in [1.82, 2.24) is 13.9 Å². The summed E-state index contributed by atoms with van der Waals surface area (Å²) in [6.45, 7) is 1.95. The summed E-state index contributed by atoms with van der Waals surface area (Å²) in [4.78, 5) is 30.5. The molecule has 1 atom stereocenters. The number of methoxy groups -OCH3 is 1. The van der Waals surface area contributed by atoms with Crippen molar-refractivity contribution in [3.05, 3.63) is 76.2 Å². The highest BCUT2D eigenvalue weighted by Crippen LogP contribution is 2.32. The van der Waals surface area contributed by atoms with Crippen LogP contribution in [-0.4, -0.2) is 26.9 Å². The van der Waals surface area contributed by atoms with Gasteiger partial charge in [0.1, 0.15) is 17.0 Å². The molecule has 2 heterocycles. The average molecular weight is 420 g/mol. The van der Waals surface area contributed by atoms with Crippen molar-refractivity contribution < 1.29 is 9.53 Å². The van der Waals surface area contributed by atoms with Gasteiger partial charge in [0.2, 0.25) is 0 Å². The minimum Gasteiger partial charge on any atom is -0.496 e. The van der Waals surface area contributed by atoms with E-state index in [1.165, 1.54) is 0 Å². The second-order valence-electron chi connectivity index (χ2n) is 6.93. The Kier molecular flexibility index (Phi) is 5.33. The molecule has 0 saturated heterocycles. The van der Waals surface area contributed by atoms with E-state index in [2.05, 4.69) is 4.37 Å². The zero-order chi connectivity index (χ0) is 21.3. The fourth-order valence-electron chi connectivity index (χ4n) is 3.56. The summed E-state index contributed by atoms with van der Waals surface area (Å²) in [5.74, 6) is 0.324. The van der Waals surface area contributed by atoms with E-state index in [-0.39, 0.29) is 22.7 Å². The van der Waals surface area contributed by atoms with Crippen LogP contribution in [0.3, 0.4) is 0 Å². The lowest BCUT2D eigenvalue weighted by Gasteiger charge is -2.20. The van der Waals surface area contributed by atoms with Gasteiger partial charge in [0.15, 0.2) is 10.5 Å². The molecule has 0 aliphatic heterocycles. The van der Waals surface area contributed by atoms with Crippen LogP contribution >= 0.6 is 11.5 Å². The number of rotatable bonds is 6. The highest BCUT2D eigenvalue weighted by atomic mass is 32.1. The fraction of sp³-hybridized carbons (Fsp3) is 0.182. The van der Waals surface area contributed by atoms with E-state index in [9.17, 15) is 9.59 Å². The number of para-hydroxylation sites is 1. The highest BCUT2D eigenvalue weighted by Gasteiger charge is 2.24. The lowest BCUT2D eigenvalue weighted by Crippen LogP contribution is -2.28. The summed E-state index contributed by atoms with van der Waals surface area (Å²) in [5, 5.41) is 0.158. The number of carbonyl (C=O) groups is 1. The van der Waals surface area contributed by atoms with Gasteiger partial charge in [0, 0.05) is 6.04 Å². The molecule has 8 heteroatoms. The number of carbonyl (C=O) groups excluding carboxylic acids is 1. The number of nitrogens with zero attached hydrogens (tertiary/aromatic N) is 3. The molecule has 0 bridgehead atoms. The second kappa shape index (κ2) is 8.08. The maximum atomic E-state index is 13.6. The van der Waals surface area contributed by atoms with Gasteiger partial charge >= 0.3 is 0 Å². The normalized spacial score (nSPS) is 12.1. The molecule has 0 spiro atoms. The predicted molar refractivity (Wildman–Crippen MR) is 117 cm³/mol. The van der Waals surface area contributed by atoms with Crippen molar-refractivity contribution in [3.8, 4) is 17.1 Å². The minimum absolute atomic E-state index is 0.0419. The van der Waals surface area contributed by atoms with Gasteiger partial charge in [0.25, 0.3) is 11.5 Å². The number of ether oxygens (including phenoxy) is 1. The molecule has 4 rings (SSSR count). The van der Waals surface area contributed by atoms with Crippen LogP contribution < -0.4 is 16.0 Å². The molecular formula is C22H20N4O3S. The molecule has 0 unspecified atom stereocenters. The Morgan fingerprint density at radius 2 is 1.87 bits per heavy atom. The van der Waals surface area contributed by atoms with Crippen molar-refractivity contribution >= 4 is 27.7 Å². The molecule has 152 valence electrons. The average Bonchev–Trinajstić information content (AvgIpc) is 3.19. The Balaban J connectivity index is 1.99. The van der Waals surface area contributed by atoms with Gasteiger partial charge in [-0.25, -0.2) is 4.98 Å². The van der Waals surface area contributed by atoms with Crippen LogP contribution in [0, 0.1) is 0 Å². The van der Waals surface area contributed by atoms with Crippen LogP contribution in [0.2, 0.25) is 0 Å². The molecule has 0 fully saturated rings. The van der Waals surface area contributed by atoms with E-state index < -0.39 is 5.91 Å². The van der Waals surface area contributed by atoms with Crippen molar-refractivity contribution in [2.45, 2.75) is 19.4 Å². The van der Waals surface area contributed by atoms with E-state index >= 15 is 0 Å². The van der Waals surface area contributed by atoms with Crippen LogP contribution in [0.15, 0.2) is 59.4 Å². The van der Waals surface area contributed by atoms with Gasteiger partial charge in [0.05, 0.1) is 12.7 Å². The Morgan fingerprint density at radius 3 is 2.57 bits per heavy atom. The first-order valence-electron chi connectivity index (χ1n) is 9.40. The van der Waals surface area contributed by atoms with E-state index in [0.29, 0.717) is 28.4 Å². The van der Waals surface area contributed by atoms with E-state index in [1.807, 2.05) is 61.5 Å². The molecule has 30 heavy (non-hydrogen) atoms. The summed E-state index contributed by atoms with van der Waals surface area (Å²) in [7, 11) is 1.57. The summed E-state index contributed by atoms with van der Waals surface area (Å²) < 4.78 is 11.2. The monoisotopic (exact) mass is 420 g/mol. The smallest absolute Gasteiger partial charge is 0.269 e. The minimum atomic E-state index is -0.743. The first-order valence-corrected chi connectivity index (χ1v) is 10.2. The summed E-state index contributed by atoms with van der Waals surface area (Å²) in [5.41, 5.74) is 6.84. The first-order chi connectivity index (χ1) is 14.5. The number of hydrogen-bond acceptors (Lipinski definition) is 6. The van der Waals surface area contributed by atoms with Crippen LogP contribution in [0.5, 0.6) is 5.75 Å². The molecule has 0 aliphatic carbocycles. The van der Waals surface area contributed by atoms with Gasteiger partial charge in [-0.3, -0.25) is 14.2 Å². The number of fused-ring (bicyclic) bond motifs is 1. The Bertz CT molecular complexity index is 1280. The van der Waals surface area contributed by atoms with Crippen molar-refractivity contribution in [3.63, 3.8) is 0 Å². The van der Waals surface area contributed by atoms with Crippen LogP contribution in [0.1, 0.15) is 29.0 Å². The number of amides is 1. The topological polar surface area (TPSA) is 100 Å². The Hall–Kier alpha value is -3.52. The second-order valence-corrected chi connectivity index (χ2v) is 7.68. The van der Waals surface area contributed by atoms with Gasteiger partial charge in [-0.05, 0) is 42.6 Å². The molecule has 2 N–H and O–H groups in total. The number of nitrogens with two attached hydrogens (primary N) is 1. The number of primary amides is 1. The summed E-state index contributed by atoms with van der Waals surface area (Å²) >= 11 is 0.987. The van der Waals surface area contributed by atoms with Crippen molar-refractivity contribution in [2.24, 2.45) is 5.73 Å². The standard InChI is InChI=1S/C22H20N4O3S/c1-13(12-14-8-4-3-5-9-14)26-20(15-10-6-7-11-16(15)29-2)24-21-17(22(26)28)18(19(23)27)25-30-21/h3-11,13H,12H2,1-2H3,(H2,23,27)/t13-/m1/s1. The molecule has 0 aliphatic rings. The van der Waals surface area contributed by atoms with Crippen molar-refractivity contribution in [1.29, 1.82) is 0 Å². The lowest BCUT2D eigenvalue weighted by atomic mass is 10.1. The molecule has 4 aromatic rings. The summed E-state index contributed by atoms with van der Waals surface area (Å²) in [6, 6.07) is 17.0. The third kappa shape index (κ3) is 3.46. The molecule has 1 amide bonds.